The van der Waals surface area contributed by atoms with Crippen molar-refractivity contribution in [3.63, 3.8) is 0 Å². The van der Waals surface area contributed by atoms with Crippen LogP contribution >= 0.6 is 0 Å². The number of alkyl halides is 5. The molecule has 10 heteroatoms. The van der Waals surface area contributed by atoms with Crippen LogP contribution in [-0.2, 0) is 6.54 Å². The number of halogens is 5. The lowest BCUT2D eigenvalue weighted by Crippen LogP contribution is -2.41. The smallest absolute Gasteiger partial charge is 0.456 e. The number of pyridine rings is 1. The van der Waals surface area contributed by atoms with Gasteiger partial charge in [0.25, 0.3) is 0 Å². The molecule has 0 aliphatic rings. The van der Waals surface area contributed by atoms with Crippen molar-refractivity contribution >= 4 is 0 Å². The molecule has 1 rings (SSSR count). The molecule has 0 aliphatic heterocycles. The number of hydrogen-bond donors (Lipinski definition) is 0. The van der Waals surface area contributed by atoms with Crippen molar-refractivity contribution in [3.05, 3.63) is 34.3 Å². The number of nitrogens with zero attached hydrogens (tertiary/aromatic N) is 4. The molecule has 0 N–H and O–H groups in total. The van der Waals surface area contributed by atoms with Crippen molar-refractivity contribution in [2.75, 3.05) is 6.61 Å². The maximum Gasteiger partial charge on any atom is 0.456 e. The molecule has 0 fully saturated rings. The number of rotatable bonds is 5. The van der Waals surface area contributed by atoms with Crippen LogP contribution in [0.15, 0.2) is 23.4 Å². The number of aromatic nitrogens is 1. The predicted octanol–water partition coefficient (Wildman–Crippen LogP) is 3.47. The van der Waals surface area contributed by atoms with Crippen molar-refractivity contribution in [1.29, 1.82) is 0 Å². The Morgan fingerprint density at radius 3 is 2.42 bits per heavy atom. The maximum absolute atomic E-state index is 12.5. The van der Waals surface area contributed by atoms with E-state index in [-0.39, 0.29) is 12.4 Å². The highest BCUT2D eigenvalue weighted by atomic mass is 19.4. The summed E-state index contributed by atoms with van der Waals surface area (Å²) < 4.78 is 64.9. The average Bonchev–Trinajstić information content (AvgIpc) is 2.34. The lowest BCUT2D eigenvalue weighted by Gasteiger charge is -2.19. The molecule has 0 saturated heterocycles. The third-order valence-corrected chi connectivity index (χ3v) is 1.93. The van der Waals surface area contributed by atoms with Gasteiger partial charge in [-0.1, -0.05) is 11.2 Å². The van der Waals surface area contributed by atoms with E-state index in [4.69, 9.17) is 5.53 Å². The maximum atomic E-state index is 12.5. The Morgan fingerprint density at radius 1 is 1.26 bits per heavy atom. The second-order valence-electron chi connectivity index (χ2n) is 3.38. The summed E-state index contributed by atoms with van der Waals surface area (Å²) in [4.78, 5) is 6.00. The molecule has 0 radical (unpaired) electrons. The van der Waals surface area contributed by atoms with Gasteiger partial charge in [0, 0.05) is 17.2 Å². The first-order valence-electron chi connectivity index (χ1n) is 4.79. The summed E-state index contributed by atoms with van der Waals surface area (Å²) in [5.74, 6) is -5.33. The minimum Gasteiger partial charge on any atom is -0.471 e. The molecule has 104 valence electrons. The van der Waals surface area contributed by atoms with E-state index < -0.39 is 18.7 Å². The van der Waals surface area contributed by atoms with Gasteiger partial charge < -0.3 is 4.74 Å². The summed E-state index contributed by atoms with van der Waals surface area (Å²) in [5.41, 5.74) is 8.52. The lowest BCUT2D eigenvalue weighted by molar-refractivity contribution is -0.290. The van der Waals surface area contributed by atoms with E-state index in [2.05, 4.69) is 19.7 Å². The van der Waals surface area contributed by atoms with E-state index in [1.165, 1.54) is 6.07 Å². The van der Waals surface area contributed by atoms with E-state index in [9.17, 15) is 22.0 Å². The Labute approximate surface area is 103 Å². The van der Waals surface area contributed by atoms with Gasteiger partial charge in [-0.25, -0.2) is 4.98 Å². The van der Waals surface area contributed by atoms with Gasteiger partial charge >= 0.3 is 12.1 Å². The minimum atomic E-state index is -5.67. The number of hydrogen-bond acceptors (Lipinski definition) is 3. The minimum absolute atomic E-state index is 0.0114. The summed E-state index contributed by atoms with van der Waals surface area (Å²) >= 11 is 0. The fourth-order valence-electron chi connectivity index (χ4n) is 0.950. The fraction of sp³-hybridized carbons (Fsp3) is 0.444. The van der Waals surface area contributed by atoms with E-state index in [1.54, 1.807) is 0 Å². The van der Waals surface area contributed by atoms with Crippen LogP contribution in [0.5, 0.6) is 5.88 Å². The zero-order valence-corrected chi connectivity index (χ0v) is 9.23. The second-order valence-corrected chi connectivity index (χ2v) is 3.38. The SMILES string of the molecule is [N-]=[N+]=NCc1ccc(OCC(F)(F)C(F)(F)F)nc1. The van der Waals surface area contributed by atoms with Crippen LogP contribution in [-0.4, -0.2) is 23.7 Å². The largest absolute Gasteiger partial charge is 0.471 e. The summed E-state index contributed by atoms with van der Waals surface area (Å²) in [6.07, 6.45) is -4.52. The second kappa shape index (κ2) is 5.70. The standard InChI is InChI=1S/C9H7F5N4O/c10-8(11,9(12,13)14)5-19-7-2-1-6(3-16-7)4-17-18-15/h1-3H,4-5H2. The molecule has 1 aromatic heterocycles. The Kier molecular flexibility index (Phi) is 4.49. The van der Waals surface area contributed by atoms with Gasteiger partial charge in [-0.3, -0.25) is 0 Å². The van der Waals surface area contributed by atoms with E-state index in [0.717, 1.165) is 12.3 Å². The highest BCUT2D eigenvalue weighted by Crippen LogP contribution is 2.35. The van der Waals surface area contributed by atoms with E-state index in [0.29, 0.717) is 5.56 Å². The van der Waals surface area contributed by atoms with Crippen molar-refractivity contribution < 1.29 is 26.7 Å². The highest BCUT2D eigenvalue weighted by Gasteiger charge is 2.58. The van der Waals surface area contributed by atoms with Crippen molar-refractivity contribution in [2.45, 2.75) is 18.6 Å². The molecular formula is C9H7F5N4O. The fourth-order valence-corrected chi connectivity index (χ4v) is 0.950. The van der Waals surface area contributed by atoms with Gasteiger partial charge in [-0.15, -0.1) is 0 Å². The van der Waals surface area contributed by atoms with Crippen LogP contribution < -0.4 is 4.74 Å². The molecular weight excluding hydrogens is 275 g/mol. The summed E-state index contributed by atoms with van der Waals surface area (Å²) in [7, 11) is 0. The van der Waals surface area contributed by atoms with Crippen LogP contribution in [0, 0.1) is 0 Å². The molecule has 0 aliphatic carbocycles. The van der Waals surface area contributed by atoms with Crippen LogP contribution in [0.4, 0.5) is 22.0 Å². The Bertz CT molecular complexity index is 466. The molecule has 0 atom stereocenters. The van der Waals surface area contributed by atoms with Gasteiger partial charge in [-0.2, -0.15) is 22.0 Å². The summed E-state index contributed by atoms with van der Waals surface area (Å²) in [6.45, 7) is -1.86. The van der Waals surface area contributed by atoms with E-state index in [1.807, 2.05) is 0 Å². The molecule has 0 saturated carbocycles. The molecule has 0 spiro atoms. The third kappa shape index (κ3) is 4.25. The molecule has 0 amide bonds. The first kappa shape index (κ1) is 15.0. The van der Waals surface area contributed by atoms with Crippen LogP contribution in [0.3, 0.4) is 0 Å². The Hall–Kier alpha value is -2.09. The van der Waals surface area contributed by atoms with Crippen molar-refractivity contribution in [2.24, 2.45) is 5.11 Å². The van der Waals surface area contributed by atoms with Gasteiger partial charge in [0.2, 0.25) is 5.88 Å². The number of azide groups is 1. The molecule has 5 nitrogen and oxygen atoms in total. The zero-order chi connectivity index (χ0) is 14.5. The highest BCUT2D eigenvalue weighted by molar-refractivity contribution is 5.17. The van der Waals surface area contributed by atoms with Crippen molar-refractivity contribution in [3.8, 4) is 5.88 Å². The Morgan fingerprint density at radius 2 is 1.95 bits per heavy atom. The first-order valence-corrected chi connectivity index (χ1v) is 4.79. The molecule has 1 heterocycles. The molecule has 0 unspecified atom stereocenters. The first-order chi connectivity index (χ1) is 8.76. The van der Waals surface area contributed by atoms with Gasteiger partial charge in [0.1, 0.15) is 0 Å². The van der Waals surface area contributed by atoms with Crippen LogP contribution in [0.2, 0.25) is 0 Å². The monoisotopic (exact) mass is 282 g/mol. The zero-order valence-electron chi connectivity index (χ0n) is 9.23. The lowest BCUT2D eigenvalue weighted by atomic mass is 10.3. The van der Waals surface area contributed by atoms with Gasteiger partial charge in [0.05, 0.1) is 6.54 Å². The van der Waals surface area contributed by atoms with Crippen molar-refractivity contribution in [1.82, 2.24) is 4.98 Å². The Balaban J connectivity index is 2.62. The quantitative estimate of drug-likeness (QED) is 0.359. The summed E-state index contributed by atoms with van der Waals surface area (Å²) in [5, 5.41) is 3.22. The van der Waals surface area contributed by atoms with Gasteiger partial charge in [0.15, 0.2) is 6.61 Å². The van der Waals surface area contributed by atoms with Crippen LogP contribution in [0.1, 0.15) is 5.56 Å². The molecule has 0 bridgehead atoms. The topological polar surface area (TPSA) is 70.9 Å². The number of ether oxygens (including phenoxy) is 1. The normalized spacial score (nSPS) is 11.8. The van der Waals surface area contributed by atoms with E-state index >= 15 is 0 Å². The summed E-state index contributed by atoms with van der Waals surface area (Å²) in [6, 6.07) is 2.44. The van der Waals surface area contributed by atoms with Gasteiger partial charge in [-0.05, 0) is 11.1 Å². The molecule has 1 aromatic rings. The molecule has 0 aromatic carbocycles. The third-order valence-electron chi connectivity index (χ3n) is 1.93. The molecule has 19 heavy (non-hydrogen) atoms. The predicted molar refractivity (Wildman–Crippen MR) is 53.6 cm³/mol. The van der Waals surface area contributed by atoms with Crippen LogP contribution in [0.25, 0.3) is 10.4 Å². The average molecular weight is 282 g/mol.